The summed E-state index contributed by atoms with van der Waals surface area (Å²) in [5.74, 6) is 1.39. The monoisotopic (exact) mass is 248 g/mol. The maximum atomic E-state index is 8.77. The van der Waals surface area contributed by atoms with Crippen molar-refractivity contribution in [2.75, 3.05) is 0 Å². The lowest BCUT2D eigenvalue weighted by Gasteiger charge is -2.09. The zero-order chi connectivity index (χ0) is 13.5. The summed E-state index contributed by atoms with van der Waals surface area (Å²) in [5.41, 5.74) is 1.83. The molecule has 0 aliphatic carbocycles. The Morgan fingerprint density at radius 1 is 0.842 bits per heavy atom. The molecule has 0 bridgehead atoms. The zero-order valence-electron chi connectivity index (χ0n) is 10.3. The summed E-state index contributed by atoms with van der Waals surface area (Å²) >= 11 is 0. The second-order valence-corrected chi connectivity index (χ2v) is 4.02. The molecule has 2 aromatic carbocycles. The van der Waals surface area contributed by atoms with Crippen LogP contribution in [0.1, 0.15) is 11.1 Å². The third-order valence-corrected chi connectivity index (χ3v) is 2.68. The van der Waals surface area contributed by atoms with Crippen LogP contribution in [0.25, 0.3) is 0 Å². The Labute approximate surface area is 112 Å². The number of para-hydroxylation sites is 1. The van der Waals surface area contributed by atoms with Crippen LogP contribution in [0.3, 0.4) is 0 Å². The van der Waals surface area contributed by atoms with Gasteiger partial charge in [-0.3, -0.25) is 0 Å². The van der Waals surface area contributed by atoms with Crippen molar-refractivity contribution in [1.82, 2.24) is 0 Å². The highest BCUT2D eigenvalue weighted by atomic mass is 16.5. The van der Waals surface area contributed by atoms with Gasteiger partial charge >= 0.3 is 0 Å². The number of hydrogen-bond donors (Lipinski definition) is 0. The molecule has 0 atom stereocenters. The molecule has 3 heteroatoms. The van der Waals surface area contributed by atoms with Gasteiger partial charge in [0.25, 0.3) is 0 Å². The molecule has 2 aromatic rings. The molecular weight excluding hydrogens is 236 g/mol. The predicted octanol–water partition coefficient (Wildman–Crippen LogP) is 3.61. The van der Waals surface area contributed by atoms with E-state index in [0.29, 0.717) is 24.3 Å². The highest BCUT2D eigenvalue weighted by molar-refractivity contribution is 5.39. The van der Waals surface area contributed by atoms with Crippen molar-refractivity contribution >= 4 is 0 Å². The van der Waals surface area contributed by atoms with Crippen molar-refractivity contribution < 1.29 is 4.74 Å². The quantitative estimate of drug-likeness (QED) is 0.830. The van der Waals surface area contributed by atoms with Gasteiger partial charge in [0.1, 0.15) is 11.5 Å². The summed E-state index contributed by atoms with van der Waals surface area (Å²) in [6.45, 7) is 0. The molecule has 0 heterocycles. The van der Waals surface area contributed by atoms with Crippen LogP contribution >= 0.6 is 0 Å². The minimum atomic E-state index is 0.322. The van der Waals surface area contributed by atoms with E-state index in [4.69, 9.17) is 15.3 Å². The van der Waals surface area contributed by atoms with Crippen LogP contribution in [-0.2, 0) is 12.8 Å². The van der Waals surface area contributed by atoms with Crippen LogP contribution < -0.4 is 4.74 Å². The van der Waals surface area contributed by atoms with Crippen LogP contribution in [-0.4, -0.2) is 0 Å². The van der Waals surface area contributed by atoms with E-state index < -0.39 is 0 Å². The molecule has 2 rings (SSSR count). The standard InChI is InChI=1S/C16H12N2O/c17-11-9-13-5-7-15(8-6-13)19-16-4-2-1-3-14(16)10-12-18/h1-8H,9-10H2. The maximum Gasteiger partial charge on any atom is 0.131 e. The largest absolute Gasteiger partial charge is 0.457 e. The van der Waals surface area contributed by atoms with Crippen LogP contribution in [0.4, 0.5) is 0 Å². The van der Waals surface area contributed by atoms with Gasteiger partial charge in [-0.1, -0.05) is 30.3 Å². The molecule has 0 N–H and O–H groups in total. The van der Waals surface area contributed by atoms with E-state index in [1.807, 2.05) is 48.5 Å². The van der Waals surface area contributed by atoms with Crippen molar-refractivity contribution in [3.63, 3.8) is 0 Å². The van der Waals surface area contributed by atoms with E-state index in [1.165, 1.54) is 0 Å². The normalized spacial score (nSPS) is 9.37. The molecule has 3 nitrogen and oxygen atoms in total. The lowest BCUT2D eigenvalue weighted by molar-refractivity contribution is 0.477. The molecule has 0 unspecified atom stereocenters. The fourth-order valence-corrected chi connectivity index (χ4v) is 1.73. The van der Waals surface area contributed by atoms with E-state index in [2.05, 4.69) is 12.1 Å². The van der Waals surface area contributed by atoms with Gasteiger partial charge in [-0.2, -0.15) is 10.5 Å². The molecule has 92 valence electrons. The van der Waals surface area contributed by atoms with Gasteiger partial charge in [0.05, 0.1) is 25.0 Å². The fourth-order valence-electron chi connectivity index (χ4n) is 1.73. The average molecular weight is 248 g/mol. The van der Waals surface area contributed by atoms with Gasteiger partial charge in [-0.05, 0) is 23.8 Å². The van der Waals surface area contributed by atoms with Gasteiger partial charge < -0.3 is 4.74 Å². The molecule has 19 heavy (non-hydrogen) atoms. The first-order chi connectivity index (χ1) is 9.33. The Balaban J connectivity index is 2.17. The summed E-state index contributed by atoms with van der Waals surface area (Å²) in [6.07, 6.45) is 0.716. The van der Waals surface area contributed by atoms with E-state index in [-0.39, 0.29) is 0 Å². The Hall–Kier alpha value is -2.78. The molecular formula is C16H12N2O. The third kappa shape index (κ3) is 3.34. The smallest absolute Gasteiger partial charge is 0.131 e. The summed E-state index contributed by atoms with van der Waals surface area (Å²) < 4.78 is 5.76. The van der Waals surface area contributed by atoms with E-state index in [1.54, 1.807) is 0 Å². The summed E-state index contributed by atoms with van der Waals surface area (Å²) in [7, 11) is 0. The molecule has 0 aromatic heterocycles. The number of rotatable bonds is 4. The molecule has 0 saturated heterocycles. The summed E-state index contributed by atoms with van der Waals surface area (Å²) in [5, 5.41) is 17.4. The second-order valence-electron chi connectivity index (χ2n) is 4.02. The van der Waals surface area contributed by atoms with Crippen molar-refractivity contribution in [1.29, 1.82) is 10.5 Å². The number of ether oxygens (including phenoxy) is 1. The molecule has 0 fully saturated rings. The zero-order valence-corrected chi connectivity index (χ0v) is 10.3. The fraction of sp³-hybridized carbons (Fsp3) is 0.125. The van der Waals surface area contributed by atoms with E-state index in [0.717, 1.165) is 11.1 Å². The molecule has 0 spiro atoms. The Kier molecular flexibility index (Phi) is 4.16. The van der Waals surface area contributed by atoms with Crippen LogP contribution in [0.5, 0.6) is 11.5 Å². The summed E-state index contributed by atoms with van der Waals surface area (Å²) in [6, 6.07) is 19.1. The number of hydrogen-bond acceptors (Lipinski definition) is 3. The predicted molar refractivity (Wildman–Crippen MR) is 71.6 cm³/mol. The van der Waals surface area contributed by atoms with Gasteiger partial charge in [-0.15, -0.1) is 0 Å². The minimum absolute atomic E-state index is 0.322. The maximum absolute atomic E-state index is 8.77. The Morgan fingerprint density at radius 2 is 1.53 bits per heavy atom. The first-order valence-electron chi connectivity index (χ1n) is 5.92. The number of nitrogens with zero attached hydrogens (tertiary/aromatic N) is 2. The van der Waals surface area contributed by atoms with Crippen molar-refractivity contribution in [3.05, 3.63) is 59.7 Å². The number of nitriles is 2. The molecule has 0 amide bonds. The van der Waals surface area contributed by atoms with Crippen LogP contribution in [0.15, 0.2) is 48.5 Å². The minimum Gasteiger partial charge on any atom is -0.457 e. The van der Waals surface area contributed by atoms with E-state index in [9.17, 15) is 0 Å². The topological polar surface area (TPSA) is 56.8 Å². The lowest BCUT2D eigenvalue weighted by Crippen LogP contribution is -1.91. The highest BCUT2D eigenvalue weighted by Gasteiger charge is 2.04. The average Bonchev–Trinajstić information content (AvgIpc) is 2.44. The van der Waals surface area contributed by atoms with Crippen LogP contribution in [0, 0.1) is 22.7 Å². The van der Waals surface area contributed by atoms with Crippen LogP contribution in [0.2, 0.25) is 0 Å². The molecule has 0 aliphatic rings. The lowest BCUT2D eigenvalue weighted by atomic mass is 10.1. The first kappa shape index (κ1) is 12.7. The van der Waals surface area contributed by atoms with Gasteiger partial charge in [-0.25, -0.2) is 0 Å². The van der Waals surface area contributed by atoms with E-state index >= 15 is 0 Å². The van der Waals surface area contributed by atoms with Gasteiger partial charge in [0.15, 0.2) is 0 Å². The Bertz CT molecular complexity index is 633. The van der Waals surface area contributed by atoms with Gasteiger partial charge in [0, 0.05) is 5.56 Å². The van der Waals surface area contributed by atoms with Crippen molar-refractivity contribution in [2.24, 2.45) is 0 Å². The first-order valence-corrected chi connectivity index (χ1v) is 5.92. The molecule has 0 radical (unpaired) electrons. The highest BCUT2D eigenvalue weighted by Crippen LogP contribution is 2.25. The second kappa shape index (κ2) is 6.23. The molecule has 0 aliphatic heterocycles. The molecule has 0 saturated carbocycles. The van der Waals surface area contributed by atoms with Gasteiger partial charge in [0.2, 0.25) is 0 Å². The van der Waals surface area contributed by atoms with Crippen molar-refractivity contribution in [3.8, 4) is 23.6 Å². The SMILES string of the molecule is N#CCc1ccc(Oc2ccccc2CC#N)cc1. The third-order valence-electron chi connectivity index (χ3n) is 2.68. The van der Waals surface area contributed by atoms with Crippen molar-refractivity contribution in [2.45, 2.75) is 12.8 Å². The Morgan fingerprint density at radius 3 is 2.21 bits per heavy atom. The number of benzene rings is 2. The summed E-state index contributed by atoms with van der Waals surface area (Å²) in [4.78, 5) is 0.